The molecule has 6 heteroatoms. The van der Waals surface area contributed by atoms with Crippen LogP contribution in [0.1, 0.15) is 20.7 Å². The minimum atomic E-state index is -0.622. The van der Waals surface area contributed by atoms with Gasteiger partial charge in [0.15, 0.2) is 0 Å². The van der Waals surface area contributed by atoms with E-state index in [1.165, 1.54) is 12.1 Å². The predicted octanol–water partition coefficient (Wildman–Crippen LogP) is 2.46. The largest absolute Gasteiger partial charge is 0.362 e. The van der Waals surface area contributed by atoms with E-state index in [0.717, 1.165) is 0 Å². The van der Waals surface area contributed by atoms with Crippen LogP contribution in [0.5, 0.6) is 0 Å². The quantitative estimate of drug-likeness (QED) is 0.684. The molecule has 2 aromatic rings. The van der Waals surface area contributed by atoms with Crippen LogP contribution in [0.25, 0.3) is 0 Å². The van der Waals surface area contributed by atoms with Gasteiger partial charge in [0.1, 0.15) is 0 Å². The molecular weight excluding hydrogens is 289 g/mol. The van der Waals surface area contributed by atoms with Crippen molar-refractivity contribution in [3.8, 4) is 0 Å². The first-order chi connectivity index (χ1) is 9.16. The second-order valence-corrected chi connectivity index (χ2v) is 4.13. The summed E-state index contributed by atoms with van der Waals surface area (Å²) in [6.45, 7) is 0. The van der Waals surface area contributed by atoms with Crippen molar-refractivity contribution in [3.05, 3.63) is 70.7 Å². The number of nitrogens with one attached hydrogen (secondary N) is 1. The van der Waals surface area contributed by atoms with Crippen LogP contribution in [0.4, 0.5) is 0 Å². The van der Waals surface area contributed by atoms with E-state index in [1.807, 2.05) is 0 Å². The molecule has 2 rings (SSSR count). The maximum Gasteiger partial charge on any atom is 0.362 e. The van der Waals surface area contributed by atoms with Crippen LogP contribution in [0.2, 0.25) is 5.02 Å². The Balaban J connectivity index is 0.00000200. The van der Waals surface area contributed by atoms with Crippen LogP contribution >= 0.6 is 11.6 Å². The Kier molecular flexibility index (Phi) is 6.75. The van der Waals surface area contributed by atoms with Gasteiger partial charge in [-0.25, -0.2) is 4.79 Å². The fraction of sp³-hybridized carbons (Fsp3) is 0. The van der Waals surface area contributed by atoms with Crippen LogP contribution in [-0.4, -0.2) is 41.4 Å². The van der Waals surface area contributed by atoms with Crippen molar-refractivity contribution in [3.63, 3.8) is 0 Å². The Morgan fingerprint density at radius 2 is 1.50 bits per heavy atom. The number of carbonyl (C=O) groups is 2. The Labute approximate surface area is 143 Å². The van der Waals surface area contributed by atoms with Gasteiger partial charge in [-0.1, -0.05) is 29.8 Å². The molecule has 0 atom stereocenters. The average molecular weight is 299 g/mol. The van der Waals surface area contributed by atoms with E-state index in [9.17, 15) is 9.59 Å². The van der Waals surface area contributed by atoms with E-state index in [2.05, 4.69) is 5.48 Å². The molecule has 1 amide bonds. The van der Waals surface area contributed by atoms with Crippen molar-refractivity contribution in [2.45, 2.75) is 0 Å². The smallest absolute Gasteiger partial charge is 0.335 e. The first kappa shape index (κ1) is 16.7. The molecule has 0 saturated carbocycles. The number of carbonyl (C=O) groups excluding carboxylic acids is 2. The van der Waals surface area contributed by atoms with Crippen LogP contribution in [0.15, 0.2) is 54.6 Å². The molecule has 0 spiro atoms. The number of halogens is 1. The third-order valence-electron chi connectivity index (χ3n) is 2.35. The topological polar surface area (TPSA) is 55.4 Å². The van der Waals surface area contributed by atoms with Gasteiger partial charge in [-0.15, -0.1) is 0 Å². The van der Waals surface area contributed by atoms with Gasteiger partial charge in [0.05, 0.1) is 5.56 Å². The van der Waals surface area contributed by atoms with Crippen LogP contribution < -0.4 is 5.48 Å². The third kappa shape index (κ3) is 4.65. The zero-order chi connectivity index (χ0) is 13.7. The van der Waals surface area contributed by atoms with E-state index in [1.54, 1.807) is 42.5 Å². The Bertz CT molecular complexity index is 587. The van der Waals surface area contributed by atoms with Gasteiger partial charge in [-0.2, -0.15) is 5.48 Å². The summed E-state index contributed by atoms with van der Waals surface area (Å²) in [4.78, 5) is 27.9. The van der Waals surface area contributed by atoms with E-state index in [-0.39, 0.29) is 29.6 Å². The summed E-state index contributed by atoms with van der Waals surface area (Å²) >= 11 is 5.71. The molecule has 4 nitrogen and oxygen atoms in total. The molecule has 0 aliphatic heterocycles. The number of rotatable bonds is 2. The van der Waals surface area contributed by atoms with Crippen LogP contribution in [0.3, 0.4) is 0 Å². The summed E-state index contributed by atoms with van der Waals surface area (Å²) in [5.74, 6) is -1.14. The summed E-state index contributed by atoms with van der Waals surface area (Å²) in [6.07, 6.45) is 0. The number of hydroxylamine groups is 1. The fourth-order valence-electron chi connectivity index (χ4n) is 1.39. The van der Waals surface area contributed by atoms with Crippen molar-refractivity contribution >= 4 is 53.0 Å². The predicted molar refractivity (Wildman–Crippen MR) is 76.5 cm³/mol. The van der Waals surface area contributed by atoms with E-state index >= 15 is 0 Å². The monoisotopic (exact) mass is 298 g/mol. The standard InChI is InChI=1S/C14H10ClNO3.Na/c15-12-8-6-10(7-9-12)13(17)16-19-14(18)11-4-2-1-3-5-11;/h1-9H,(H,16,17);. The summed E-state index contributed by atoms with van der Waals surface area (Å²) in [5, 5.41) is 0.526. The molecule has 0 fully saturated rings. The molecule has 0 aromatic heterocycles. The van der Waals surface area contributed by atoms with Gasteiger partial charge < -0.3 is 4.84 Å². The molecule has 2 aromatic carbocycles. The van der Waals surface area contributed by atoms with E-state index in [0.29, 0.717) is 16.1 Å². The molecule has 0 unspecified atom stereocenters. The van der Waals surface area contributed by atoms with Gasteiger partial charge >= 0.3 is 5.97 Å². The molecule has 0 aliphatic carbocycles. The Morgan fingerprint density at radius 3 is 2.10 bits per heavy atom. The zero-order valence-corrected chi connectivity index (χ0v) is 13.6. The molecule has 1 N–H and O–H groups in total. The van der Waals surface area contributed by atoms with Gasteiger partial charge in [-0.3, -0.25) is 4.79 Å². The molecule has 0 heterocycles. The minimum absolute atomic E-state index is 0. The molecule has 20 heavy (non-hydrogen) atoms. The van der Waals surface area contributed by atoms with Crippen LogP contribution in [-0.2, 0) is 4.84 Å². The van der Waals surface area contributed by atoms with Crippen molar-refractivity contribution in [1.29, 1.82) is 0 Å². The molecule has 0 saturated heterocycles. The molecular formula is C14H10ClNNaO3. The van der Waals surface area contributed by atoms with Crippen molar-refractivity contribution < 1.29 is 14.4 Å². The van der Waals surface area contributed by atoms with Gasteiger partial charge in [-0.05, 0) is 36.4 Å². The zero-order valence-electron chi connectivity index (χ0n) is 10.8. The van der Waals surface area contributed by atoms with Gasteiger partial charge in [0, 0.05) is 40.1 Å². The second-order valence-electron chi connectivity index (χ2n) is 3.69. The van der Waals surface area contributed by atoms with Gasteiger partial charge in [0.2, 0.25) is 0 Å². The van der Waals surface area contributed by atoms with Crippen molar-refractivity contribution in [1.82, 2.24) is 5.48 Å². The maximum absolute atomic E-state index is 11.7. The molecule has 97 valence electrons. The third-order valence-corrected chi connectivity index (χ3v) is 2.60. The maximum atomic E-state index is 11.7. The van der Waals surface area contributed by atoms with E-state index < -0.39 is 11.9 Å². The van der Waals surface area contributed by atoms with Crippen LogP contribution in [0, 0.1) is 0 Å². The summed E-state index contributed by atoms with van der Waals surface area (Å²) < 4.78 is 0. The average Bonchev–Trinajstić information content (AvgIpc) is 2.46. The van der Waals surface area contributed by atoms with Crippen molar-refractivity contribution in [2.24, 2.45) is 0 Å². The number of hydrogen-bond acceptors (Lipinski definition) is 3. The SMILES string of the molecule is O=C(NOC(=O)c1ccccc1)c1ccc(Cl)cc1.[Na]. The number of amides is 1. The molecule has 0 bridgehead atoms. The Hall–Kier alpha value is -1.33. The second kappa shape index (κ2) is 8.07. The first-order valence-electron chi connectivity index (χ1n) is 5.49. The fourth-order valence-corrected chi connectivity index (χ4v) is 1.51. The number of hydrogen-bond donors (Lipinski definition) is 1. The Morgan fingerprint density at radius 1 is 0.900 bits per heavy atom. The molecule has 1 radical (unpaired) electrons. The summed E-state index contributed by atoms with van der Waals surface area (Å²) in [5.41, 5.74) is 2.80. The minimum Gasteiger partial charge on any atom is -0.335 e. The number of benzene rings is 2. The normalized spacial score (nSPS) is 9.25. The summed E-state index contributed by atoms with van der Waals surface area (Å²) in [6, 6.07) is 14.6. The van der Waals surface area contributed by atoms with E-state index in [4.69, 9.17) is 16.4 Å². The summed E-state index contributed by atoms with van der Waals surface area (Å²) in [7, 11) is 0. The molecule has 0 aliphatic rings. The first-order valence-corrected chi connectivity index (χ1v) is 5.87. The van der Waals surface area contributed by atoms with Crippen molar-refractivity contribution in [2.75, 3.05) is 0 Å². The van der Waals surface area contributed by atoms with Gasteiger partial charge in [0.25, 0.3) is 5.91 Å².